The fraction of sp³-hybridized carbons (Fsp3) is 0.125. The zero-order chi connectivity index (χ0) is 24.4. The third-order valence-corrected chi connectivity index (χ3v) is 6.83. The van der Waals surface area contributed by atoms with Gasteiger partial charge in [-0.05, 0) is 48.0 Å². The lowest BCUT2D eigenvalue weighted by Gasteiger charge is -2.49. The Morgan fingerprint density at radius 1 is 0.829 bits per heavy atom. The molecule has 0 aromatic heterocycles. The van der Waals surface area contributed by atoms with Gasteiger partial charge in [-0.1, -0.05) is 22.0 Å². The van der Waals surface area contributed by atoms with Crippen LogP contribution in [-0.2, 0) is 4.79 Å². The number of nitro benzene ring substituents is 1. The number of hydrogen-bond donors (Lipinski definition) is 0. The van der Waals surface area contributed by atoms with Gasteiger partial charge in [0.05, 0.1) is 22.1 Å². The molecule has 3 aromatic carbocycles. The van der Waals surface area contributed by atoms with Crippen molar-refractivity contribution >= 4 is 45.0 Å². The number of nitrogens with zero attached hydrogens (tertiary/aromatic N) is 3. The van der Waals surface area contributed by atoms with E-state index in [-0.39, 0.29) is 23.6 Å². The summed E-state index contributed by atoms with van der Waals surface area (Å²) in [4.78, 5) is 52.9. The van der Waals surface area contributed by atoms with Gasteiger partial charge in [-0.15, -0.1) is 0 Å². The number of non-ortho nitro benzene ring substituents is 1. The Morgan fingerprint density at radius 3 is 2.29 bits per heavy atom. The van der Waals surface area contributed by atoms with E-state index in [4.69, 9.17) is 9.47 Å². The van der Waals surface area contributed by atoms with Crippen molar-refractivity contribution in [1.82, 2.24) is 4.90 Å². The molecule has 3 aliphatic rings. The van der Waals surface area contributed by atoms with Crippen LogP contribution >= 0.6 is 15.9 Å². The van der Waals surface area contributed by atoms with Crippen molar-refractivity contribution < 1.29 is 28.8 Å². The average molecular weight is 536 g/mol. The number of rotatable bonds is 4. The molecule has 0 bridgehead atoms. The first-order chi connectivity index (χ1) is 16.8. The Morgan fingerprint density at radius 2 is 1.54 bits per heavy atom. The maximum atomic E-state index is 13.5. The molecular formula is C24H14BrN3O7. The van der Waals surface area contributed by atoms with E-state index in [2.05, 4.69) is 15.9 Å². The number of ether oxygens (including phenoxy) is 2. The molecule has 2 unspecified atom stereocenters. The van der Waals surface area contributed by atoms with Crippen LogP contribution in [0.4, 0.5) is 11.4 Å². The van der Waals surface area contributed by atoms with Crippen LogP contribution in [0.25, 0.3) is 0 Å². The Hall–Kier alpha value is -4.25. The first kappa shape index (κ1) is 21.3. The number of fused-ring (bicyclic) bond motifs is 2. The monoisotopic (exact) mass is 535 g/mol. The van der Waals surface area contributed by atoms with E-state index in [1.54, 1.807) is 42.5 Å². The first-order valence-corrected chi connectivity index (χ1v) is 11.3. The molecule has 1 saturated heterocycles. The summed E-state index contributed by atoms with van der Waals surface area (Å²) in [6, 6.07) is 13.9. The molecule has 0 radical (unpaired) electrons. The van der Waals surface area contributed by atoms with Crippen LogP contribution in [0.3, 0.4) is 0 Å². The van der Waals surface area contributed by atoms with Crippen LogP contribution < -0.4 is 14.4 Å². The third-order valence-electron chi connectivity index (χ3n) is 6.30. The molecule has 3 amide bonds. The van der Waals surface area contributed by atoms with Gasteiger partial charge in [-0.25, -0.2) is 0 Å². The number of imide groups is 1. The second kappa shape index (κ2) is 7.64. The normalized spacial score (nSPS) is 20.2. The number of carbonyl (C=O) groups excluding carboxylic acids is 3. The SMILES string of the molecule is O=C1c2ccc([N+](=O)[O-])cc2C(=O)N1C1C(=O)N(c2ccc(Br)cc2)C1c1ccc2c(c1)OCO2. The van der Waals surface area contributed by atoms with Gasteiger partial charge in [0, 0.05) is 22.3 Å². The number of carbonyl (C=O) groups is 3. The number of β-lactam (4-membered cyclic amide) rings is 1. The molecule has 1 fully saturated rings. The van der Waals surface area contributed by atoms with E-state index >= 15 is 0 Å². The van der Waals surface area contributed by atoms with Crippen molar-refractivity contribution in [3.63, 3.8) is 0 Å². The summed E-state index contributed by atoms with van der Waals surface area (Å²) in [5.41, 5.74) is 0.854. The highest BCUT2D eigenvalue weighted by atomic mass is 79.9. The Bertz CT molecular complexity index is 1460. The van der Waals surface area contributed by atoms with Crippen LogP contribution in [0.5, 0.6) is 11.5 Å². The number of amides is 3. The van der Waals surface area contributed by atoms with Crippen molar-refractivity contribution in [2.24, 2.45) is 0 Å². The lowest BCUT2D eigenvalue weighted by Crippen LogP contribution is -2.67. The third kappa shape index (κ3) is 3.12. The van der Waals surface area contributed by atoms with E-state index in [1.807, 2.05) is 0 Å². The Balaban J connectivity index is 1.43. The maximum absolute atomic E-state index is 13.5. The summed E-state index contributed by atoms with van der Waals surface area (Å²) in [5.74, 6) is -0.805. The zero-order valence-electron chi connectivity index (χ0n) is 17.7. The number of halogens is 1. The molecule has 35 heavy (non-hydrogen) atoms. The summed E-state index contributed by atoms with van der Waals surface area (Å²) < 4.78 is 11.7. The van der Waals surface area contributed by atoms with Gasteiger partial charge in [-0.3, -0.25) is 29.4 Å². The number of benzene rings is 3. The molecule has 2 atom stereocenters. The average Bonchev–Trinajstić information content (AvgIpc) is 3.41. The fourth-order valence-electron chi connectivity index (χ4n) is 4.66. The second-order valence-corrected chi connectivity index (χ2v) is 9.07. The molecule has 3 aromatic rings. The Kier molecular flexibility index (Phi) is 4.65. The van der Waals surface area contributed by atoms with E-state index in [9.17, 15) is 24.5 Å². The smallest absolute Gasteiger partial charge is 0.270 e. The van der Waals surface area contributed by atoms with Gasteiger partial charge >= 0.3 is 0 Å². The molecule has 0 spiro atoms. The lowest BCUT2D eigenvalue weighted by atomic mass is 9.86. The van der Waals surface area contributed by atoms with Crippen LogP contribution in [0.2, 0.25) is 0 Å². The van der Waals surface area contributed by atoms with Gasteiger partial charge < -0.3 is 14.4 Å². The van der Waals surface area contributed by atoms with E-state index in [0.29, 0.717) is 22.7 Å². The quantitative estimate of drug-likeness (QED) is 0.215. The predicted octanol–water partition coefficient (Wildman–Crippen LogP) is 3.84. The van der Waals surface area contributed by atoms with Gasteiger partial charge in [-0.2, -0.15) is 0 Å². The molecule has 0 saturated carbocycles. The summed E-state index contributed by atoms with van der Waals surface area (Å²) >= 11 is 3.38. The van der Waals surface area contributed by atoms with Crippen molar-refractivity contribution in [1.29, 1.82) is 0 Å². The molecule has 3 heterocycles. The van der Waals surface area contributed by atoms with Gasteiger partial charge in [0.1, 0.15) is 6.04 Å². The second-order valence-electron chi connectivity index (χ2n) is 8.15. The summed E-state index contributed by atoms with van der Waals surface area (Å²) in [5, 5.41) is 11.2. The highest BCUT2D eigenvalue weighted by molar-refractivity contribution is 9.10. The molecule has 10 nitrogen and oxygen atoms in total. The first-order valence-electron chi connectivity index (χ1n) is 10.5. The molecule has 0 N–H and O–H groups in total. The van der Waals surface area contributed by atoms with Crippen molar-refractivity contribution in [3.05, 3.63) is 91.9 Å². The van der Waals surface area contributed by atoms with Crippen LogP contribution in [0.1, 0.15) is 32.3 Å². The molecule has 3 aliphatic heterocycles. The number of hydrogen-bond acceptors (Lipinski definition) is 7. The van der Waals surface area contributed by atoms with E-state index in [0.717, 1.165) is 15.4 Å². The summed E-state index contributed by atoms with van der Waals surface area (Å²) in [7, 11) is 0. The Labute approximate surface area is 205 Å². The minimum absolute atomic E-state index is 0.0277. The van der Waals surface area contributed by atoms with Crippen molar-refractivity contribution in [2.75, 3.05) is 11.7 Å². The molecule has 0 aliphatic carbocycles. The highest BCUT2D eigenvalue weighted by Crippen LogP contribution is 2.46. The molecular weight excluding hydrogens is 522 g/mol. The number of nitro groups is 1. The van der Waals surface area contributed by atoms with Gasteiger partial charge in [0.15, 0.2) is 11.5 Å². The largest absolute Gasteiger partial charge is 0.454 e. The fourth-order valence-corrected chi connectivity index (χ4v) is 4.92. The van der Waals surface area contributed by atoms with Gasteiger partial charge in [0.25, 0.3) is 23.4 Å². The predicted molar refractivity (Wildman–Crippen MR) is 124 cm³/mol. The highest BCUT2D eigenvalue weighted by Gasteiger charge is 2.57. The molecule has 6 rings (SSSR count). The lowest BCUT2D eigenvalue weighted by molar-refractivity contribution is -0.384. The van der Waals surface area contributed by atoms with Crippen LogP contribution in [0.15, 0.2) is 65.1 Å². The van der Waals surface area contributed by atoms with Crippen LogP contribution in [-0.4, -0.2) is 40.4 Å². The van der Waals surface area contributed by atoms with Crippen molar-refractivity contribution in [2.45, 2.75) is 12.1 Å². The topological polar surface area (TPSA) is 119 Å². The molecule has 174 valence electrons. The van der Waals surface area contributed by atoms with Crippen LogP contribution in [0, 0.1) is 10.1 Å². The summed E-state index contributed by atoms with van der Waals surface area (Å²) in [6.07, 6.45) is 0. The number of anilines is 1. The van der Waals surface area contributed by atoms with E-state index < -0.39 is 34.7 Å². The van der Waals surface area contributed by atoms with Gasteiger partial charge in [0.2, 0.25) is 6.79 Å². The van der Waals surface area contributed by atoms with Crippen molar-refractivity contribution in [3.8, 4) is 11.5 Å². The minimum Gasteiger partial charge on any atom is -0.454 e. The summed E-state index contributed by atoms with van der Waals surface area (Å²) in [6.45, 7) is 0.0689. The van der Waals surface area contributed by atoms with E-state index in [1.165, 1.54) is 17.0 Å². The standard InChI is InChI=1S/C24H14BrN3O7/c25-13-2-4-14(5-3-13)26-20(12-1-8-18-19(9-12)35-11-34-18)21(24(26)31)27-22(29)16-7-6-15(28(32)33)10-17(16)23(27)30/h1-10,20-21H,11H2. The zero-order valence-corrected chi connectivity index (χ0v) is 19.3. The maximum Gasteiger partial charge on any atom is 0.270 e. The minimum atomic E-state index is -1.13. The molecule has 11 heteroatoms.